The molecule has 0 saturated heterocycles. The van der Waals surface area contributed by atoms with Gasteiger partial charge in [0.1, 0.15) is 0 Å². The largest absolute Gasteiger partial charge is 0.367 e. The molecule has 1 heterocycles. The van der Waals surface area contributed by atoms with E-state index in [1.807, 2.05) is 12.1 Å². The topological polar surface area (TPSA) is 29.3 Å². The summed E-state index contributed by atoms with van der Waals surface area (Å²) in [7, 11) is 2.12. The molecule has 2 atom stereocenters. The van der Waals surface area contributed by atoms with Crippen molar-refractivity contribution >= 4 is 28.6 Å². The molecule has 2 N–H and O–H groups in total. The van der Waals surface area contributed by atoms with E-state index in [-0.39, 0.29) is 6.04 Å². The normalized spacial score (nSPS) is 14.0. The van der Waals surface area contributed by atoms with E-state index < -0.39 is 0 Å². The van der Waals surface area contributed by atoms with Crippen LogP contribution in [0, 0.1) is 0 Å². The summed E-state index contributed by atoms with van der Waals surface area (Å²) in [6, 6.07) is 10.9. The van der Waals surface area contributed by atoms with E-state index in [1.165, 1.54) is 16.1 Å². The van der Waals surface area contributed by atoms with E-state index in [0.717, 1.165) is 17.9 Å². The van der Waals surface area contributed by atoms with Crippen LogP contribution >= 0.6 is 22.9 Å². The monoisotopic (exact) mass is 322 g/mol. The maximum absolute atomic E-state index is 6.21. The van der Waals surface area contributed by atoms with Crippen molar-refractivity contribution in [3.8, 4) is 0 Å². The van der Waals surface area contributed by atoms with Crippen LogP contribution < -0.4 is 10.6 Å². The lowest BCUT2D eigenvalue weighted by molar-refractivity contribution is 0.642. The number of hydrogen-bond acceptors (Lipinski definition) is 3. The fourth-order valence-corrected chi connectivity index (χ4v) is 3.39. The van der Waals surface area contributed by atoms with Crippen LogP contribution in [0.25, 0.3) is 0 Å². The van der Waals surface area contributed by atoms with Gasteiger partial charge in [0.2, 0.25) is 0 Å². The Morgan fingerprint density at radius 3 is 2.71 bits per heavy atom. The van der Waals surface area contributed by atoms with Gasteiger partial charge in [-0.1, -0.05) is 30.7 Å². The molecule has 4 heteroatoms. The molecule has 2 unspecified atom stereocenters. The van der Waals surface area contributed by atoms with Gasteiger partial charge >= 0.3 is 0 Å². The zero-order valence-electron chi connectivity index (χ0n) is 12.8. The van der Waals surface area contributed by atoms with Crippen LogP contribution in [0.15, 0.2) is 35.7 Å². The molecular weight excluding hydrogens is 300 g/mol. The van der Waals surface area contributed by atoms with Gasteiger partial charge in [-0.25, -0.2) is 0 Å². The third-order valence-electron chi connectivity index (χ3n) is 3.97. The van der Waals surface area contributed by atoms with Crippen LogP contribution in [0.3, 0.4) is 0 Å². The molecule has 0 fully saturated rings. The van der Waals surface area contributed by atoms with Crippen LogP contribution in [0.5, 0.6) is 0 Å². The minimum absolute atomic E-state index is 0.190. The molecule has 0 saturated carbocycles. The molecule has 0 spiro atoms. The van der Waals surface area contributed by atoms with Crippen molar-refractivity contribution in [3.05, 3.63) is 51.2 Å². The van der Waals surface area contributed by atoms with Crippen molar-refractivity contribution in [1.29, 1.82) is 0 Å². The second-order valence-electron chi connectivity index (χ2n) is 5.45. The van der Waals surface area contributed by atoms with E-state index in [2.05, 4.69) is 49.4 Å². The summed E-state index contributed by atoms with van der Waals surface area (Å²) in [4.78, 5) is 3.64. The number of rotatable bonds is 6. The third kappa shape index (κ3) is 4.00. The van der Waals surface area contributed by atoms with Crippen molar-refractivity contribution < 1.29 is 0 Å². The minimum atomic E-state index is 0.190. The van der Waals surface area contributed by atoms with Gasteiger partial charge in [0.15, 0.2) is 0 Å². The average Bonchev–Trinajstić information content (AvgIpc) is 3.01. The summed E-state index contributed by atoms with van der Waals surface area (Å²) in [5.74, 6) is 0. The molecule has 2 aromatic rings. The number of halogens is 1. The van der Waals surface area contributed by atoms with Gasteiger partial charge < -0.3 is 10.6 Å². The second kappa shape index (κ2) is 7.30. The molecule has 1 aromatic heterocycles. The van der Waals surface area contributed by atoms with E-state index >= 15 is 0 Å². The fourth-order valence-electron chi connectivity index (χ4n) is 2.39. The van der Waals surface area contributed by atoms with Crippen LogP contribution in [-0.2, 0) is 6.42 Å². The average molecular weight is 323 g/mol. The first-order chi connectivity index (χ1) is 10.0. The molecule has 0 aliphatic rings. The first-order valence-corrected chi connectivity index (χ1v) is 8.59. The van der Waals surface area contributed by atoms with Crippen molar-refractivity contribution in [2.75, 3.05) is 11.9 Å². The third-order valence-corrected chi connectivity index (χ3v) is 5.25. The summed E-state index contributed by atoms with van der Waals surface area (Å²) in [6.07, 6.45) is 1.86. The Bertz CT molecular complexity index is 568. The van der Waals surface area contributed by atoms with Crippen molar-refractivity contribution in [3.63, 3.8) is 0 Å². The summed E-state index contributed by atoms with van der Waals surface area (Å²) in [6.45, 7) is 4.34. The summed E-state index contributed by atoms with van der Waals surface area (Å²) in [5.41, 5.74) is 8.57. The number of benzene rings is 1. The second-order valence-corrected chi connectivity index (χ2v) is 6.86. The smallest absolute Gasteiger partial charge is 0.0603 e. The lowest BCUT2D eigenvalue weighted by Crippen LogP contribution is -2.26. The Morgan fingerprint density at radius 1 is 1.33 bits per heavy atom. The number of hydrogen-bond donors (Lipinski definition) is 1. The van der Waals surface area contributed by atoms with Crippen LogP contribution in [0.4, 0.5) is 5.69 Å². The molecule has 0 aliphatic carbocycles. The summed E-state index contributed by atoms with van der Waals surface area (Å²) < 4.78 is 0. The van der Waals surface area contributed by atoms with E-state index in [0.29, 0.717) is 6.04 Å². The van der Waals surface area contributed by atoms with Gasteiger partial charge in [-0.05, 0) is 48.9 Å². The highest BCUT2D eigenvalue weighted by molar-refractivity contribution is 7.10. The molecule has 2 nitrogen and oxygen atoms in total. The zero-order valence-corrected chi connectivity index (χ0v) is 14.4. The van der Waals surface area contributed by atoms with E-state index in [4.69, 9.17) is 17.3 Å². The standard InChI is InChI=1S/C17H23ClN2S/c1-4-15(19)10-13-7-8-14(18)11-16(13)20(3)12(2)17-6-5-9-21-17/h5-9,11-12,15H,4,10,19H2,1-3H3. The maximum atomic E-state index is 6.21. The lowest BCUT2D eigenvalue weighted by atomic mass is 10.0. The zero-order chi connectivity index (χ0) is 15.4. The predicted octanol–water partition coefficient (Wildman–Crippen LogP) is 4.88. The highest BCUT2D eigenvalue weighted by Gasteiger charge is 2.17. The molecule has 0 bridgehead atoms. The van der Waals surface area contributed by atoms with Crippen molar-refractivity contribution in [2.24, 2.45) is 5.73 Å². The molecular formula is C17H23ClN2S. The Labute approximate surface area is 136 Å². The van der Waals surface area contributed by atoms with E-state index in [9.17, 15) is 0 Å². The summed E-state index contributed by atoms with van der Waals surface area (Å²) >= 11 is 7.99. The first kappa shape index (κ1) is 16.3. The molecule has 0 aliphatic heterocycles. The Kier molecular flexibility index (Phi) is 5.68. The quantitative estimate of drug-likeness (QED) is 0.821. The molecule has 2 rings (SSSR count). The van der Waals surface area contributed by atoms with Crippen LogP contribution in [0.1, 0.15) is 36.8 Å². The maximum Gasteiger partial charge on any atom is 0.0603 e. The van der Waals surface area contributed by atoms with Crippen molar-refractivity contribution in [2.45, 2.75) is 38.8 Å². The van der Waals surface area contributed by atoms with Crippen LogP contribution in [-0.4, -0.2) is 13.1 Å². The molecule has 0 radical (unpaired) electrons. The Balaban J connectivity index is 2.30. The number of anilines is 1. The summed E-state index contributed by atoms with van der Waals surface area (Å²) in [5, 5.41) is 2.88. The number of thiophene rings is 1. The van der Waals surface area contributed by atoms with Gasteiger partial charge in [-0.2, -0.15) is 0 Å². The molecule has 114 valence electrons. The number of nitrogens with two attached hydrogens (primary N) is 1. The minimum Gasteiger partial charge on any atom is -0.367 e. The number of nitrogens with zero attached hydrogens (tertiary/aromatic N) is 1. The molecule has 0 amide bonds. The highest BCUT2D eigenvalue weighted by Crippen LogP contribution is 2.32. The van der Waals surface area contributed by atoms with Gasteiger partial charge in [0, 0.05) is 28.7 Å². The van der Waals surface area contributed by atoms with E-state index in [1.54, 1.807) is 11.3 Å². The lowest BCUT2D eigenvalue weighted by Gasteiger charge is -2.29. The molecule has 1 aromatic carbocycles. The fraction of sp³-hybridized carbons (Fsp3) is 0.412. The van der Waals surface area contributed by atoms with Gasteiger partial charge in [-0.15, -0.1) is 11.3 Å². The molecule has 21 heavy (non-hydrogen) atoms. The first-order valence-electron chi connectivity index (χ1n) is 7.33. The van der Waals surface area contributed by atoms with Crippen molar-refractivity contribution in [1.82, 2.24) is 0 Å². The Hall–Kier alpha value is -1.03. The van der Waals surface area contributed by atoms with Gasteiger partial charge in [0.25, 0.3) is 0 Å². The van der Waals surface area contributed by atoms with Gasteiger partial charge in [-0.3, -0.25) is 0 Å². The predicted molar refractivity (Wildman–Crippen MR) is 94.6 cm³/mol. The Morgan fingerprint density at radius 2 is 2.10 bits per heavy atom. The van der Waals surface area contributed by atoms with Crippen LogP contribution in [0.2, 0.25) is 5.02 Å². The SMILES string of the molecule is CCC(N)Cc1ccc(Cl)cc1N(C)C(C)c1cccs1. The van der Waals surface area contributed by atoms with Gasteiger partial charge in [0.05, 0.1) is 6.04 Å². The highest BCUT2D eigenvalue weighted by atomic mass is 35.5.